The maximum absolute atomic E-state index is 6.09. The lowest BCUT2D eigenvalue weighted by atomic mass is 10.2. The van der Waals surface area contributed by atoms with Crippen LogP contribution in [0.15, 0.2) is 23.1 Å². The van der Waals surface area contributed by atoms with Crippen molar-refractivity contribution in [3.8, 4) is 0 Å². The molecule has 2 rings (SSSR count). The van der Waals surface area contributed by atoms with Gasteiger partial charge in [0, 0.05) is 22.9 Å². The van der Waals surface area contributed by atoms with E-state index in [0.29, 0.717) is 11.8 Å². The maximum Gasteiger partial charge on any atom is 0.0584 e. The molecule has 1 saturated heterocycles. The van der Waals surface area contributed by atoms with E-state index in [-0.39, 0.29) is 0 Å². The Balaban J connectivity index is 1.80. The number of benzene rings is 1. The molecular formula is C12H16ClNOS. The van der Waals surface area contributed by atoms with Crippen LogP contribution in [0.4, 0.5) is 5.69 Å². The van der Waals surface area contributed by atoms with Crippen molar-refractivity contribution in [2.45, 2.75) is 30.3 Å². The smallest absolute Gasteiger partial charge is 0.0584 e. The quantitative estimate of drug-likeness (QED) is 0.661. The number of nitrogen functional groups attached to an aromatic ring is 1. The van der Waals surface area contributed by atoms with Crippen molar-refractivity contribution in [2.75, 3.05) is 18.1 Å². The van der Waals surface area contributed by atoms with Crippen LogP contribution in [-0.4, -0.2) is 18.5 Å². The molecule has 1 aromatic carbocycles. The van der Waals surface area contributed by atoms with Crippen LogP contribution in [0.5, 0.6) is 0 Å². The minimum absolute atomic E-state index is 0.458. The fourth-order valence-electron chi connectivity index (χ4n) is 1.81. The number of ether oxygens (including phenoxy) is 1. The summed E-state index contributed by atoms with van der Waals surface area (Å²) in [7, 11) is 0. The molecular weight excluding hydrogens is 242 g/mol. The molecule has 1 unspecified atom stereocenters. The number of rotatable bonds is 4. The molecule has 0 spiro atoms. The second-order valence-corrected chi connectivity index (χ2v) is 5.51. The summed E-state index contributed by atoms with van der Waals surface area (Å²) >= 11 is 7.87. The van der Waals surface area contributed by atoms with Gasteiger partial charge < -0.3 is 10.5 Å². The van der Waals surface area contributed by atoms with Gasteiger partial charge in [-0.1, -0.05) is 11.6 Å². The van der Waals surface area contributed by atoms with Crippen molar-refractivity contribution in [1.29, 1.82) is 0 Å². The van der Waals surface area contributed by atoms with Gasteiger partial charge in [-0.15, -0.1) is 11.8 Å². The van der Waals surface area contributed by atoms with Crippen LogP contribution < -0.4 is 5.73 Å². The van der Waals surface area contributed by atoms with E-state index in [1.54, 1.807) is 17.8 Å². The first-order chi connectivity index (χ1) is 7.75. The van der Waals surface area contributed by atoms with Gasteiger partial charge in [-0.2, -0.15) is 0 Å². The van der Waals surface area contributed by atoms with E-state index in [2.05, 4.69) is 0 Å². The Morgan fingerprint density at radius 2 is 2.38 bits per heavy atom. The van der Waals surface area contributed by atoms with E-state index in [0.717, 1.165) is 28.7 Å². The largest absolute Gasteiger partial charge is 0.399 e. The van der Waals surface area contributed by atoms with Gasteiger partial charge in [0.05, 0.1) is 11.1 Å². The average molecular weight is 258 g/mol. The number of thioether (sulfide) groups is 1. The number of anilines is 1. The topological polar surface area (TPSA) is 35.2 Å². The predicted octanol–water partition coefficient (Wildman–Crippen LogP) is 3.58. The van der Waals surface area contributed by atoms with Gasteiger partial charge in [0.1, 0.15) is 0 Å². The third-order valence-corrected chi connectivity index (χ3v) is 4.21. The average Bonchev–Trinajstić information content (AvgIpc) is 2.74. The number of nitrogens with two attached hydrogens (primary N) is 1. The molecule has 1 aliphatic heterocycles. The molecule has 1 atom stereocenters. The lowest BCUT2D eigenvalue weighted by Gasteiger charge is -2.09. The monoisotopic (exact) mass is 257 g/mol. The molecule has 4 heteroatoms. The summed E-state index contributed by atoms with van der Waals surface area (Å²) in [5.41, 5.74) is 6.36. The normalized spacial score (nSPS) is 20.2. The van der Waals surface area contributed by atoms with Crippen molar-refractivity contribution < 1.29 is 4.74 Å². The number of hydrogen-bond acceptors (Lipinski definition) is 3. The van der Waals surface area contributed by atoms with Gasteiger partial charge in [-0.3, -0.25) is 0 Å². The van der Waals surface area contributed by atoms with Crippen LogP contribution in [-0.2, 0) is 4.74 Å². The van der Waals surface area contributed by atoms with E-state index in [1.807, 2.05) is 12.1 Å². The molecule has 88 valence electrons. The molecule has 1 aliphatic rings. The highest BCUT2D eigenvalue weighted by atomic mass is 35.5. The zero-order valence-corrected chi connectivity index (χ0v) is 10.7. The Morgan fingerprint density at radius 1 is 1.50 bits per heavy atom. The van der Waals surface area contributed by atoms with Gasteiger partial charge in [0.2, 0.25) is 0 Å². The zero-order valence-electron chi connectivity index (χ0n) is 9.12. The van der Waals surface area contributed by atoms with Crippen molar-refractivity contribution in [1.82, 2.24) is 0 Å². The maximum atomic E-state index is 6.09. The molecule has 1 heterocycles. The molecule has 2 nitrogen and oxygen atoms in total. The molecule has 16 heavy (non-hydrogen) atoms. The van der Waals surface area contributed by atoms with Crippen molar-refractivity contribution in [2.24, 2.45) is 0 Å². The van der Waals surface area contributed by atoms with Crippen LogP contribution in [0.25, 0.3) is 0 Å². The Labute approximate surface area is 105 Å². The minimum Gasteiger partial charge on any atom is -0.399 e. The highest BCUT2D eigenvalue weighted by Crippen LogP contribution is 2.30. The van der Waals surface area contributed by atoms with Crippen LogP contribution in [0, 0.1) is 0 Å². The van der Waals surface area contributed by atoms with Gasteiger partial charge >= 0.3 is 0 Å². The molecule has 0 radical (unpaired) electrons. The van der Waals surface area contributed by atoms with E-state index in [4.69, 9.17) is 22.1 Å². The Bertz CT molecular complexity index is 353. The SMILES string of the molecule is Nc1ccc(SCCC2CCCO2)c(Cl)c1. The summed E-state index contributed by atoms with van der Waals surface area (Å²) in [6, 6.07) is 5.67. The summed E-state index contributed by atoms with van der Waals surface area (Å²) in [4.78, 5) is 1.11. The summed E-state index contributed by atoms with van der Waals surface area (Å²) in [6.07, 6.45) is 3.97. The van der Waals surface area contributed by atoms with Gasteiger partial charge in [-0.05, 0) is 37.5 Å². The molecule has 2 N–H and O–H groups in total. The van der Waals surface area contributed by atoms with Gasteiger partial charge in [0.15, 0.2) is 0 Å². The van der Waals surface area contributed by atoms with E-state index < -0.39 is 0 Å². The summed E-state index contributed by atoms with van der Waals surface area (Å²) < 4.78 is 5.57. The molecule has 0 aromatic heterocycles. The Kier molecular flexibility index (Phi) is 4.38. The summed E-state index contributed by atoms with van der Waals surface area (Å²) in [5, 5.41) is 0.748. The highest BCUT2D eigenvalue weighted by Gasteiger charge is 2.15. The number of halogens is 1. The Hall–Kier alpha value is -0.380. The highest BCUT2D eigenvalue weighted by molar-refractivity contribution is 7.99. The lowest BCUT2D eigenvalue weighted by molar-refractivity contribution is 0.109. The lowest BCUT2D eigenvalue weighted by Crippen LogP contribution is -2.05. The van der Waals surface area contributed by atoms with Crippen LogP contribution in [0.1, 0.15) is 19.3 Å². The first kappa shape index (κ1) is 12.1. The third kappa shape index (κ3) is 3.30. The minimum atomic E-state index is 0.458. The summed E-state index contributed by atoms with van der Waals surface area (Å²) in [5.74, 6) is 1.05. The molecule has 1 fully saturated rings. The first-order valence-corrected chi connectivity index (χ1v) is 6.91. The molecule has 0 aliphatic carbocycles. The molecule has 0 saturated carbocycles. The molecule has 0 amide bonds. The Morgan fingerprint density at radius 3 is 3.06 bits per heavy atom. The van der Waals surface area contributed by atoms with Crippen LogP contribution in [0.3, 0.4) is 0 Å². The van der Waals surface area contributed by atoms with Crippen LogP contribution >= 0.6 is 23.4 Å². The standard InChI is InChI=1S/C12H16ClNOS/c13-11-8-9(14)3-4-12(11)16-7-5-10-2-1-6-15-10/h3-4,8,10H,1-2,5-7,14H2. The fraction of sp³-hybridized carbons (Fsp3) is 0.500. The second-order valence-electron chi connectivity index (χ2n) is 3.96. The van der Waals surface area contributed by atoms with E-state index >= 15 is 0 Å². The first-order valence-electron chi connectivity index (χ1n) is 5.55. The van der Waals surface area contributed by atoms with Crippen molar-refractivity contribution in [3.05, 3.63) is 23.2 Å². The van der Waals surface area contributed by atoms with Gasteiger partial charge in [-0.25, -0.2) is 0 Å². The van der Waals surface area contributed by atoms with E-state index in [9.17, 15) is 0 Å². The van der Waals surface area contributed by atoms with Gasteiger partial charge in [0.25, 0.3) is 0 Å². The third-order valence-electron chi connectivity index (χ3n) is 2.68. The molecule has 1 aromatic rings. The van der Waals surface area contributed by atoms with Crippen LogP contribution in [0.2, 0.25) is 5.02 Å². The molecule has 0 bridgehead atoms. The second kappa shape index (κ2) is 5.80. The fourth-order valence-corrected chi connectivity index (χ4v) is 3.12. The predicted molar refractivity (Wildman–Crippen MR) is 70.2 cm³/mol. The number of hydrogen-bond donors (Lipinski definition) is 1. The zero-order chi connectivity index (χ0) is 11.4. The van der Waals surface area contributed by atoms with Crippen molar-refractivity contribution in [3.63, 3.8) is 0 Å². The van der Waals surface area contributed by atoms with Crippen molar-refractivity contribution >= 4 is 29.1 Å². The summed E-state index contributed by atoms with van der Waals surface area (Å²) in [6.45, 7) is 0.929. The van der Waals surface area contributed by atoms with E-state index in [1.165, 1.54) is 12.8 Å².